The first-order valence-corrected chi connectivity index (χ1v) is 6.14. The Morgan fingerprint density at radius 3 is 2.53 bits per heavy atom. The lowest BCUT2D eigenvalue weighted by Gasteiger charge is -2.10. The number of hydrogen-bond acceptors (Lipinski definition) is 3. The SMILES string of the molecule is CCCCCCn1nnc(CC(N)=O)c1C(F)(F)F. The molecule has 0 saturated carbocycles. The van der Waals surface area contributed by atoms with Gasteiger partial charge in [-0.1, -0.05) is 31.4 Å². The Morgan fingerprint density at radius 1 is 1.32 bits per heavy atom. The van der Waals surface area contributed by atoms with Gasteiger partial charge in [-0.3, -0.25) is 4.79 Å². The molecular formula is C11H17F3N4O. The smallest absolute Gasteiger partial charge is 0.369 e. The third kappa shape index (κ3) is 4.53. The van der Waals surface area contributed by atoms with Crippen LogP contribution >= 0.6 is 0 Å². The van der Waals surface area contributed by atoms with E-state index in [1.165, 1.54) is 0 Å². The van der Waals surface area contributed by atoms with E-state index in [1.807, 2.05) is 6.92 Å². The molecule has 19 heavy (non-hydrogen) atoms. The maximum absolute atomic E-state index is 12.9. The molecule has 0 fully saturated rings. The van der Waals surface area contributed by atoms with E-state index in [-0.39, 0.29) is 6.54 Å². The first-order valence-electron chi connectivity index (χ1n) is 6.14. The van der Waals surface area contributed by atoms with Crippen molar-refractivity contribution in [2.24, 2.45) is 5.73 Å². The van der Waals surface area contributed by atoms with Crippen molar-refractivity contribution >= 4 is 5.91 Å². The number of primary amides is 1. The number of amides is 1. The van der Waals surface area contributed by atoms with E-state index < -0.39 is 29.9 Å². The average molecular weight is 278 g/mol. The highest BCUT2D eigenvalue weighted by Crippen LogP contribution is 2.31. The summed E-state index contributed by atoms with van der Waals surface area (Å²) in [5.41, 5.74) is 3.53. The molecule has 0 aliphatic rings. The average Bonchev–Trinajstić information content (AvgIpc) is 2.66. The molecule has 0 bridgehead atoms. The molecule has 1 aromatic rings. The highest BCUT2D eigenvalue weighted by atomic mass is 19.4. The minimum absolute atomic E-state index is 0.139. The lowest BCUT2D eigenvalue weighted by molar-refractivity contribution is -0.145. The van der Waals surface area contributed by atoms with Crippen LogP contribution in [0, 0.1) is 0 Å². The molecule has 0 atom stereocenters. The van der Waals surface area contributed by atoms with Gasteiger partial charge in [0, 0.05) is 6.54 Å². The molecule has 0 aliphatic heterocycles. The zero-order chi connectivity index (χ0) is 14.5. The Morgan fingerprint density at radius 2 is 2.00 bits per heavy atom. The largest absolute Gasteiger partial charge is 0.434 e. The monoisotopic (exact) mass is 278 g/mol. The summed E-state index contributed by atoms with van der Waals surface area (Å²) < 4.78 is 39.6. The van der Waals surface area contributed by atoms with Crippen molar-refractivity contribution in [3.05, 3.63) is 11.4 Å². The number of aromatic nitrogens is 3. The number of rotatable bonds is 7. The molecule has 1 rings (SSSR count). The van der Waals surface area contributed by atoms with Crippen LogP contribution in [0.5, 0.6) is 0 Å². The predicted octanol–water partition coefficient (Wildman–Crippen LogP) is 1.91. The summed E-state index contributed by atoms with van der Waals surface area (Å²) in [6, 6.07) is 0. The quantitative estimate of drug-likeness (QED) is 0.774. The van der Waals surface area contributed by atoms with Crippen LogP contribution in [0.4, 0.5) is 13.2 Å². The van der Waals surface area contributed by atoms with Crippen LogP contribution in [-0.2, 0) is 23.9 Å². The van der Waals surface area contributed by atoms with Crippen LogP contribution in [-0.4, -0.2) is 20.9 Å². The molecule has 2 N–H and O–H groups in total. The third-order valence-corrected chi connectivity index (χ3v) is 2.64. The summed E-state index contributed by atoms with van der Waals surface area (Å²) in [6.07, 6.45) is -1.75. The van der Waals surface area contributed by atoms with Crippen molar-refractivity contribution < 1.29 is 18.0 Å². The second kappa shape index (κ2) is 6.53. The summed E-state index contributed by atoms with van der Waals surface area (Å²) in [5.74, 6) is -0.858. The minimum atomic E-state index is -4.58. The molecule has 0 unspecified atom stereocenters. The van der Waals surface area contributed by atoms with Gasteiger partial charge >= 0.3 is 6.18 Å². The maximum Gasteiger partial charge on any atom is 0.434 e. The molecule has 108 valence electrons. The van der Waals surface area contributed by atoms with Gasteiger partial charge in [-0.2, -0.15) is 13.2 Å². The predicted molar refractivity (Wildman–Crippen MR) is 62.1 cm³/mol. The zero-order valence-electron chi connectivity index (χ0n) is 10.7. The Hall–Kier alpha value is -1.60. The van der Waals surface area contributed by atoms with Crippen molar-refractivity contribution in [2.45, 2.75) is 51.7 Å². The van der Waals surface area contributed by atoms with Crippen LogP contribution in [0.1, 0.15) is 44.0 Å². The number of nitrogens with zero attached hydrogens (tertiary/aromatic N) is 3. The van der Waals surface area contributed by atoms with Crippen molar-refractivity contribution in [3.63, 3.8) is 0 Å². The van der Waals surface area contributed by atoms with Gasteiger partial charge in [0.25, 0.3) is 0 Å². The van der Waals surface area contributed by atoms with Gasteiger partial charge < -0.3 is 5.73 Å². The first kappa shape index (κ1) is 15.5. The molecule has 0 radical (unpaired) electrons. The van der Waals surface area contributed by atoms with E-state index in [1.54, 1.807) is 0 Å². The van der Waals surface area contributed by atoms with Crippen molar-refractivity contribution in [1.82, 2.24) is 15.0 Å². The normalized spacial score (nSPS) is 11.8. The lowest BCUT2D eigenvalue weighted by atomic mass is 10.2. The number of nitrogens with two attached hydrogens (primary N) is 1. The number of alkyl halides is 3. The van der Waals surface area contributed by atoms with Crippen LogP contribution < -0.4 is 5.73 Å². The molecule has 8 heteroatoms. The summed E-state index contributed by atoms with van der Waals surface area (Å²) in [7, 11) is 0. The standard InChI is InChI=1S/C11H17F3N4O/c1-2-3-4-5-6-18-10(11(12,13)14)8(16-17-18)7-9(15)19/h2-7H2,1H3,(H2,15,19). The molecule has 0 saturated heterocycles. The van der Waals surface area contributed by atoms with Crippen molar-refractivity contribution in [2.75, 3.05) is 0 Å². The summed E-state index contributed by atoms with van der Waals surface area (Å²) in [4.78, 5) is 10.7. The minimum Gasteiger partial charge on any atom is -0.369 e. The molecular weight excluding hydrogens is 261 g/mol. The third-order valence-electron chi connectivity index (χ3n) is 2.64. The number of halogens is 3. The lowest BCUT2D eigenvalue weighted by Crippen LogP contribution is -2.20. The summed E-state index contributed by atoms with van der Waals surface area (Å²) in [5, 5.41) is 6.89. The Labute approximate surface area is 109 Å². The van der Waals surface area contributed by atoms with Gasteiger partial charge in [0.2, 0.25) is 5.91 Å². The molecule has 0 spiro atoms. The van der Waals surface area contributed by atoms with E-state index in [9.17, 15) is 18.0 Å². The second-order valence-electron chi connectivity index (χ2n) is 4.31. The fourth-order valence-electron chi connectivity index (χ4n) is 1.79. The molecule has 1 heterocycles. The van der Waals surface area contributed by atoms with E-state index in [2.05, 4.69) is 10.3 Å². The summed E-state index contributed by atoms with van der Waals surface area (Å²) in [6.45, 7) is 2.15. The van der Waals surface area contributed by atoms with Gasteiger partial charge in [0.05, 0.1) is 6.42 Å². The van der Waals surface area contributed by atoms with E-state index >= 15 is 0 Å². The van der Waals surface area contributed by atoms with Crippen LogP contribution in [0.25, 0.3) is 0 Å². The highest BCUT2D eigenvalue weighted by molar-refractivity contribution is 5.76. The highest BCUT2D eigenvalue weighted by Gasteiger charge is 2.39. The Kier molecular flexibility index (Phi) is 5.31. The van der Waals surface area contributed by atoms with Gasteiger partial charge in [0.15, 0.2) is 5.69 Å². The van der Waals surface area contributed by atoms with Crippen LogP contribution in [0.2, 0.25) is 0 Å². The number of carbonyl (C=O) groups is 1. The first-order chi connectivity index (χ1) is 8.86. The maximum atomic E-state index is 12.9. The molecule has 5 nitrogen and oxygen atoms in total. The van der Waals surface area contributed by atoms with Crippen molar-refractivity contribution in [1.29, 1.82) is 0 Å². The number of aryl methyl sites for hydroxylation is 1. The number of carbonyl (C=O) groups excluding carboxylic acids is 1. The topological polar surface area (TPSA) is 73.8 Å². The number of hydrogen-bond donors (Lipinski definition) is 1. The van der Waals surface area contributed by atoms with Gasteiger partial charge in [-0.05, 0) is 6.42 Å². The molecule has 0 aromatic carbocycles. The number of unbranched alkanes of at least 4 members (excludes halogenated alkanes) is 3. The van der Waals surface area contributed by atoms with Gasteiger partial charge in [-0.25, -0.2) is 4.68 Å². The van der Waals surface area contributed by atoms with Crippen molar-refractivity contribution in [3.8, 4) is 0 Å². The zero-order valence-corrected chi connectivity index (χ0v) is 10.7. The fourth-order valence-corrected chi connectivity index (χ4v) is 1.79. The molecule has 1 aromatic heterocycles. The van der Waals surface area contributed by atoms with E-state index in [4.69, 9.17) is 5.73 Å². The molecule has 1 amide bonds. The summed E-state index contributed by atoms with van der Waals surface area (Å²) >= 11 is 0. The fraction of sp³-hybridized carbons (Fsp3) is 0.727. The molecule has 0 aliphatic carbocycles. The van der Waals surface area contributed by atoms with E-state index in [0.29, 0.717) is 6.42 Å². The Balaban J connectivity index is 2.85. The van der Waals surface area contributed by atoms with Crippen LogP contribution in [0.3, 0.4) is 0 Å². The second-order valence-corrected chi connectivity index (χ2v) is 4.31. The van der Waals surface area contributed by atoms with Gasteiger partial charge in [0.1, 0.15) is 5.69 Å². The van der Waals surface area contributed by atoms with Crippen LogP contribution in [0.15, 0.2) is 0 Å². The van der Waals surface area contributed by atoms with E-state index in [0.717, 1.165) is 23.9 Å². The van der Waals surface area contributed by atoms with Gasteiger partial charge in [-0.15, -0.1) is 5.10 Å². The Bertz CT molecular complexity index is 428.